The molecule has 0 amide bonds. The van der Waals surface area contributed by atoms with Gasteiger partial charge in [-0.25, -0.2) is 0 Å². The third-order valence-corrected chi connectivity index (χ3v) is 6.86. The summed E-state index contributed by atoms with van der Waals surface area (Å²) < 4.78 is 8.00. The van der Waals surface area contributed by atoms with Gasteiger partial charge < -0.3 is 4.43 Å². The molecule has 0 N–H and O–H groups in total. The zero-order chi connectivity index (χ0) is 17.0. The SMILES string of the molecule is CC(C)O[Si](C)(C)CCCCCCCCCCCn1ccnn1. The van der Waals surface area contributed by atoms with E-state index in [0.717, 1.165) is 6.54 Å². The second kappa shape index (κ2) is 11.8. The number of hydrogen-bond donors (Lipinski definition) is 0. The molecule has 0 saturated heterocycles. The largest absolute Gasteiger partial charge is 0.415 e. The third kappa shape index (κ3) is 11.5. The first kappa shape index (κ1) is 20.4. The van der Waals surface area contributed by atoms with Crippen LogP contribution in [0.25, 0.3) is 0 Å². The molecule has 0 aliphatic rings. The number of hydrogen-bond acceptors (Lipinski definition) is 3. The van der Waals surface area contributed by atoms with Crippen LogP contribution in [0, 0.1) is 0 Å². The minimum atomic E-state index is -1.39. The predicted octanol–water partition coefficient (Wildman–Crippen LogP) is 5.42. The second-order valence-corrected chi connectivity index (χ2v) is 11.8. The molecule has 1 aromatic heterocycles. The molecule has 0 atom stereocenters. The van der Waals surface area contributed by atoms with Gasteiger partial charge in [-0.1, -0.05) is 56.6 Å². The molecule has 134 valence electrons. The number of aryl methyl sites for hydroxylation is 1. The second-order valence-electron chi connectivity index (χ2n) is 7.52. The first-order valence-corrected chi connectivity index (χ1v) is 12.6. The molecule has 0 aliphatic heterocycles. The van der Waals surface area contributed by atoms with E-state index in [1.807, 2.05) is 10.9 Å². The lowest BCUT2D eigenvalue weighted by Crippen LogP contribution is -2.33. The molecule has 0 fully saturated rings. The lowest BCUT2D eigenvalue weighted by molar-refractivity contribution is 0.230. The van der Waals surface area contributed by atoms with Gasteiger partial charge >= 0.3 is 0 Å². The molecular formula is C18H37N3OSi. The molecule has 23 heavy (non-hydrogen) atoms. The van der Waals surface area contributed by atoms with Crippen molar-refractivity contribution in [3.63, 3.8) is 0 Å². The van der Waals surface area contributed by atoms with Gasteiger partial charge in [-0.15, -0.1) is 5.10 Å². The number of aromatic nitrogens is 3. The standard InChI is InChI=1S/C18H37N3OSi/c1-18(2)22-23(3,4)17-13-11-9-7-5-6-8-10-12-15-21-16-14-19-20-21/h14,16,18H,5-13,15,17H2,1-4H3. The zero-order valence-corrected chi connectivity index (χ0v) is 16.8. The minimum absolute atomic E-state index is 0.390. The topological polar surface area (TPSA) is 39.9 Å². The van der Waals surface area contributed by atoms with E-state index in [2.05, 4.69) is 37.3 Å². The Morgan fingerprint density at radius 1 is 0.913 bits per heavy atom. The molecule has 1 heterocycles. The third-order valence-electron chi connectivity index (χ3n) is 4.19. The average molecular weight is 340 g/mol. The van der Waals surface area contributed by atoms with E-state index in [0.29, 0.717) is 6.10 Å². The highest BCUT2D eigenvalue weighted by Crippen LogP contribution is 2.19. The van der Waals surface area contributed by atoms with E-state index in [1.165, 1.54) is 63.8 Å². The Bertz CT molecular complexity index is 380. The van der Waals surface area contributed by atoms with Gasteiger partial charge in [-0.2, -0.15) is 0 Å². The Morgan fingerprint density at radius 3 is 2.00 bits per heavy atom. The lowest BCUT2D eigenvalue weighted by atomic mass is 10.1. The summed E-state index contributed by atoms with van der Waals surface area (Å²) in [6.45, 7) is 10.0. The quantitative estimate of drug-likeness (QED) is 0.335. The average Bonchev–Trinajstić information content (AvgIpc) is 2.96. The first-order chi connectivity index (χ1) is 11.0. The van der Waals surface area contributed by atoms with Crippen LogP contribution in [0.3, 0.4) is 0 Å². The maximum absolute atomic E-state index is 6.08. The molecule has 0 unspecified atom stereocenters. The van der Waals surface area contributed by atoms with E-state index < -0.39 is 8.32 Å². The highest BCUT2D eigenvalue weighted by molar-refractivity contribution is 6.71. The fraction of sp³-hybridized carbons (Fsp3) is 0.889. The summed E-state index contributed by atoms with van der Waals surface area (Å²) in [6.07, 6.45) is 16.3. The van der Waals surface area contributed by atoms with Crippen molar-refractivity contribution in [1.29, 1.82) is 0 Å². The number of unbranched alkanes of at least 4 members (excludes halogenated alkanes) is 8. The zero-order valence-electron chi connectivity index (χ0n) is 15.8. The number of rotatable bonds is 14. The molecule has 0 aromatic carbocycles. The van der Waals surface area contributed by atoms with Gasteiger partial charge in [0.1, 0.15) is 0 Å². The molecule has 0 aliphatic carbocycles. The van der Waals surface area contributed by atoms with Gasteiger partial charge in [-0.3, -0.25) is 4.68 Å². The molecule has 0 spiro atoms. The minimum Gasteiger partial charge on any atom is -0.415 e. The molecule has 0 saturated carbocycles. The molecule has 1 rings (SSSR count). The summed E-state index contributed by atoms with van der Waals surface area (Å²) in [5, 5.41) is 7.81. The molecule has 4 nitrogen and oxygen atoms in total. The fourth-order valence-electron chi connectivity index (χ4n) is 3.11. The van der Waals surface area contributed by atoms with Crippen LogP contribution in [0.2, 0.25) is 19.1 Å². The monoisotopic (exact) mass is 339 g/mol. The Kier molecular flexibility index (Phi) is 10.4. The van der Waals surface area contributed by atoms with Gasteiger partial charge in [0.25, 0.3) is 0 Å². The normalized spacial score (nSPS) is 12.2. The Morgan fingerprint density at radius 2 is 1.48 bits per heavy atom. The van der Waals surface area contributed by atoms with Crippen molar-refractivity contribution >= 4 is 8.32 Å². The fourth-order valence-corrected chi connectivity index (χ4v) is 5.61. The maximum atomic E-state index is 6.08. The van der Waals surface area contributed by atoms with Crippen molar-refractivity contribution in [3.05, 3.63) is 12.4 Å². The summed E-state index contributed by atoms with van der Waals surface area (Å²) in [4.78, 5) is 0. The van der Waals surface area contributed by atoms with Gasteiger partial charge in [0, 0.05) is 18.8 Å². The summed E-state index contributed by atoms with van der Waals surface area (Å²) >= 11 is 0. The van der Waals surface area contributed by atoms with Gasteiger partial charge in [0.2, 0.25) is 0 Å². The van der Waals surface area contributed by atoms with Crippen molar-refractivity contribution in [1.82, 2.24) is 15.0 Å². The summed E-state index contributed by atoms with van der Waals surface area (Å²) in [5.41, 5.74) is 0. The van der Waals surface area contributed by atoms with Crippen molar-refractivity contribution in [2.75, 3.05) is 0 Å². The molecule has 5 heteroatoms. The van der Waals surface area contributed by atoms with Crippen LogP contribution < -0.4 is 0 Å². The van der Waals surface area contributed by atoms with Gasteiger partial charge in [-0.05, 0) is 39.4 Å². The summed E-state index contributed by atoms with van der Waals surface area (Å²) in [7, 11) is -1.39. The maximum Gasteiger partial charge on any atom is 0.187 e. The van der Waals surface area contributed by atoms with Crippen LogP contribution in [0.15, 0.2) is 12.4 Å². The molecule has 1 aromatic rings. The molecular weight excluding hydrogens is 302 g/mol. The summed E-state index contributed by atoms with van der Waals surface area (Å²) in [6, 6.07) is 1.31. The van der Waals surface area contributed by atoms with Crippen LogP contribution >= 0.6 is 0 Å². The Balaban J connectivity index is 1.82. The van der Waals surface area contributed by atoms with Gasteiger partial charge in [0.05, 0.1) is 6.20 Å². The van der Waals surface area contributed by atoms with Crippen molar-refractivity contribution in [2.45, 2.75) is 103 Å². The highest BCUT2D eigenvalue weighted by Gasteiger charge is 2.22. The van der Waals surface area contributed by atoms with E-state index in [4.69, 9.17) is 4.43 Å². The predicted molar refractivity (Wildman–Crippen MR) is 100 cm³/mol. The van der Waals surface area contributed by atoms with E-state index >= 15 is 0 Å². The van der Waals surface area contributed by atoms with E-state index in [-0.39, 0.29) is 0 Å². The van der Waals surface area contributed by atoms with Crippen LogP contribution in [-0.2, 0) is 11.0 Å². The smallest absolute Gasteiger partial charge is 0.187 e. The van der Waals surface area contributed by atoms with Gasteiger partial charge in [0.15, 0.2) is 8.32 Å². The highest BCUT2D eigenvalue weighted by atomic mass is 28.4. The van der Waals surface area contributed by atoms with E-state index in [9.17, 15) is 0 Å². The van der Waals surface area contributed by atoms with Crippen LogP contribution in [0.4, 0.5) is 0 Å². The van der Waals surface area contributed by atoms with Crippen LogP contribution in [0.1, 0.15) is 71.6 Å². The molecule has 0 radical (unpaired) electrons. The van der Waals surface area contributed by atoms with Crippen molar-refractivity contribution < 1.29 is 4.43 Å². The first-order valence-electron chi connectivity index (χ1n) is 9.51. The molecule has 0 bridgehead atoms. The lowest BCUT2D eigenvalue weighted by Gasteiger charge is -2.25. The Labute approximate surface area is 144 Å². The summed E-state index contributed by atoms with van der Waals surface area (Å²) in [5.74, 6) is 0. The van der Waals surface area contributed by atoms with E-state index in [1.54, 1.807) is 6.20 Å². The number of nitrogens with zero attached hydrogens (tertiary/aromatic N) is 3. The van der Waals surface area contributed by atoms with Crippen LogP contribution in [-0.4, -0.2) is 29.4 Å². The van der Waals surface area contributed by atoms with Crippen molar-refractivity contribution in [2.24, 2.45) is 0 Å². The van der Waals surface area contributed by atoms with Crippen LogP contribution in [0.5, 0.6) is 0 Å². The Hall–Kier alpha value is -0.683. The van der Waals surface area contributed by atoms with Crippen molar-refractivity contribution in [3.8, 4) is 0 Å².